The first-order chi connectivity index (χ1) is 15.9. The summed E-state index contributed by atoms with van der Waals surface area (Å²) in [5.74, 6) is 0.336. The van der Waals surface area contributed by atoms with Crippen molar-refractivity contribution in [3.63, 3.8) is 0 Å². The van der Waals surface area contributed by atoms with Crippen LogP contribution in [0.15, 0.2) is 42.5 Å². The Morgan fingerprint density at radius 1 is 1.00 bits per heavy atom. The van der Waals surface area contributed by atoms with E-state index in [4.69, 9.17) is 4.74 Å². The van der Waals surface area contributed by atoms with Crippen LogP contribution >= 0.6 is 0 Å². The maximum absolute atomic E-state index is 14.1. The van der Waals surface area contributed by atoms with Gasteiger partial charge < -0.3 is 14.2 Å². The van der Waals surface area contributed by atoms with Crippen molar-refractivity contribution in [3.05, 3.63) is 65.1 Å². The molecule has 0 N–H and O–H groups in total. The molecule has 0 radical (unpaired) electrons. The number of piperazine rings is 1. The average molecular weight is 452 g/mol. The summed E-state index contributed by atoms with van der Waals surface area (Å²) in [7, 11) is 1.58. The largest absolute Gasteiger partial charge is 0.497 e. The molecule has 174 valence electrons. The lowest BCUT2D eigenvalue weighted by molar-refractivity contribution is -0.130. The van der Waals surface area contributed by atoms with Crippen LogP contribution in [-0.4, -0.2) is 65.9 Å². The number of aryl methyl sites for hydroxylation is 1. The number of benzene rings is 2. The van der Waals surface area contributed by atoms with Gasteiger partial charge in [0.05, 0.1) is 12.7 Å². The zero-order chi connectivity index (χ0) is 23.5. The van der Waals surface area contributed by atoms with E-state index in [-0.39, 0.29) is 17.5 Å². The number of fused-ring (bicyclic) bond motifs is 1. The lowest BCUT2D eigenvalue weighted by atomic mass is 10.0. The Labute approximate surface area is 193 Å². The molecule has 6 nitrogen and oxygen atoms in total. The van der Waals surface area contributed by atoms with Crippen LogP contribution in [-0.2, 0) is 11.3 Å². The van der Waals surface area contributed by atoms with Crippen molar-refractivity contribution in [2.45, 2.75) is 26.8 Å². The number of rotatable bonds is 7. The van der Waals surface area contributed by atoms with E-state index in [0.29, 0.717) is 22.3 Å². The molecular formula is C26H30FN3O3. The molecule has 4 rings (SSSR count). The summed E-state index contributed by atoms with van der Waals surface area (Å²) in [6.07, 6.45) is 0.901. The Morgan fingerprint density at radius 3 is 2.33 bits per heavy atom. The zero-order valence-corrected chi connectivity index (χ0v) is 19.4. The number of hydrogen-bond donors (Lipinski definition) is 0. The van der Waals surface area contributed by atoms with Gasteiger partial charge in [-0.25, -0.2) is 4.39 Å². The molecule has 1 amide bonds. The Balaban J connectivity index is 1.54. The topological polar surface area (TPSA) is 54.8 Å². The van der Waals surface area contributed by atoms with E-state index in [1.54, 1.807) is 44.4 Å². The summed E-state index contributed by atoms with van der Waals surface area (Å²) >= 11 is 0. The van der Waals surface area contributed by atoms with Crippen LogP contribution in [0.4, 0.5) is 4.39 Å². The standard InChI is InChI=1S/C26H30FN3O3/c1-18-25(26(32)20-5-8-22(33-3)9-6-20)23-17-21(27)7-10-24(23)30(18)12-4-11-28-13-15-29(16-14-28)19(2)31/h5-10,17H,4,11-16H2,1-3H3. The monoisotopic (exact) mass is 451 g/mol. The minimum Gasteiger partial charge on any atom is -0.497 e. The summed E-state index contributed by atoms with van der Waals surface area (Å²) in [6, 6.07) is 11.7. The van der Waals surface area contributed by atoms with Gasteiger partial charge in [-0.15, -0.1) is 0 Å². The first-order valence-electron chi connectivity index (χ1n) is 11.3. The molecule has 0 bridgehead atoms. The number of hydrogen-bond acceptors (Lipinski definition) is 4. The highest BCUT2D eigenvalue weighted by molar-refractivity contribution is 6.17. The highest BCUT2D eigenvalue weighted by Gasteiger charge is 2.22. The Hall–Kier alpha value is -3.19. The molecule has 1 aliphatic heterocycles. The summed E-state index contributed by atoms with van der Waals surface area (Å²) < 4.78 is 21.4. The highest BCUT2D eigenvalue weighted by atomic mass is 19.1. The molecular weight excluding hydrogens is 421 g/mol. The number of nitrogens with zero attached hydrogens (tertiary/aromatic N) is 3. The number of carbonyl (C=O) groups is 2. The molecule has 1 aliphatic rings. The van der Waals surface area contributed by atoms with Gasteiger partial charge in [-0.1, -0.05) is 0 Å². The summed E-state index contributed by atoms with van der Waals surface area (Å²) in [5, 5.41) is 0.642. The minimum atomic E-state index is -0.355. The second kappa shape index (κ2) is 9.75. The van der Waals surface area contributed by atoms with Gasteiger partial charge >= 0.3 is 0 Å². The van der Waals surface area contributed by atoms with Gasteiger partial charge in [0, 0.05) is 61.8 Å². The molecule has 0 unspecified atom stereocenters. The molecule has 1 saturated heterocycles. The Morgan fingerprint density at radius 2 is 1.70 bits per heavy atom. The molecule has 3 aromatic rings. The van der Waals surface area contributed by atoms with E-state index in [2.05, 4.69) is 9.47 Å². The quantitative estimate of drug-likeness (QED) is 0.512. The van der Waals surface area contributed by atoms with Gasteiger partial charge in [0.25, 0.3) is 0 Å². The van der Waals surface area contributed by atoms with Crippen molar-refractivity contribution in [2.24, 2.45) is 0 Å². The maximum Gasteiger partial charge on any atom is 0.219 e. The van der Waals surface area contributed by atoms with E-state index < -0.39 is 0 Å². The third-order valence-electron chi connectivity index (χ3n) is 6.54. The number of methoxy groups -OCH3 is 1. The molecule has 1 fully saturated rings. The molecule has 2 aromatic carbocycles. The van der Waals surface area contributed by atoms with E-state index in [1.165, 1.54) is 12.1 Å². The SMILES string of the molecule is COc1ccc(C(=O)c2c(C)n(CCCN3CCN(C(C)=O)CC3)c3ccc(F)cc23)cc1. The normalized spacial score (nSPS) is 14.6. The first-order valence-corrected chi connectivity index (χ1v) is 11.3. The number of ether oxygens (including phenoxy) is 1. The number of ketones is 1. The van der Waals surface area contributed by atoms with Gasteiger partial charge in [-0.3, -0.25) is 14.5 Å². The van der Waals surface area contributed by atoms with Crippen LogP contribution in [0.5, 0.6) is 5.75 Å². The smallest absolute Gasteiger partial charge is 0.219 e. The number of halogens is 1. The summed E-state index contributed by atoms with van der Waals surface area (Å²) in [6.45, 7) is 8.46. The predicted molar refractivity (Wildman–Crippen MR) is 126 cm³/mol. The second-order valence-corrected chi connectivity index (χ2v) is 8.53. The maximum atomic E-state index is 14.1. The lowest BCUT2D eigenvalue weighted by Gasteiger charge is -2.34. The third kappa shape index (κ3) is 4.78. The number of amides is 1. The fourth-order valence-electron chi connectivity index (χ4n) is 4.65. The van der Waals surface area contributed by atoms with Crippen LogP contribution < -0.4 is 4.74 Å². The van der Waals surface area contributed by atoms with E-state index in [1.807, 2.05) is 11.8 Å². The summed E-state index contributed by atoms with van der Waals surface area (Å²) in [4.78, 5) is 29.2. The van der Waals surface area contributed by atoms with Crippen molar-refractivity contribution < 1.29 is 18.7 Å². The molecule has 33 heavy (non-hydrogen) atoms. The number of aromatic nitrogens is 1. The van der Waals surface area contributed by atoms with Crippen molar-refractivity contribution in [3.8, 4) is 5.75 Å². The van der Waals surface area contributed by atoms with Crippen molar-refractivity contribution in [2.75, 3.05) is 39.8 Å². The van der Waals surface area contributed by atoms with Crippen molar-refractivity contribution >= 4 is 22.6 Å². The fourth-order valence-corrected chi connectivity index (χ4v) is 4.65. The molecule has 0 atom stereocenters. The fraction of sp³-hybridized carbons (Fsp3) is 0.385. The average Bonchev–Trinajstić information content (AvgIpc) is 3.09. The van der Waals surface area contributed by atoms with Gasteiger partial charge in [0.2, 0.25) is 5.91 Å². The highest BCUT2D eigenvalue weighted by Crippen LogP contribution is 2.29. The Bertz CT molecular complexity index is 1160. The zero-order valence-electron chi connectivity index (χ0n) is 19.4. The third-order valence-corrected chi connectivity index (χ3v) is 6.54. The van der Waals surface area contributed by atoms with E-state index >= 15 is 0 Å². The van der Waals surface area contributed by atoms with Gasteiger partial charge in [0.1, 0.15) is 11.6 Å². The summed E-state index contributed by atoms with van der Waals surface area (Å²) in [5.41, 5.74) is 2.81. The first kappa shape index (κ1) is 23.0. The van der Waals surface area contributed by atoms with Crippen LogP contribution in [0.2, 0.25) is 0 Å². The molecule has 7 heteroatoms. The predicted octanol–water partition coefficient (Wildman–Crippen LogP) is 3.88. The minimum absolute atomic E-state index is 0.121. The van der Waals surface area contributed by atoms with E-state index in [0.717, 1.165) is 56.9 Å². The number of carbonyl (C=O) groups excluding carboxylic acids is 2. The van der Waals surface area contributed by atoms with Gasteiger partial charge in [0.15, 0.2) is 5.78 Å². The lowest BCUT2D eigenvalue weighted by Crippen LogP contribution is -2.48. The molecule has 1 aromatic heterocycles. The molecule has 2 heterocycles. The van der Waals surface area contributed by atoms with Crippen LogP contribution in [0.3, 0.4) is 0 Å². The molecule has 0 spiro atoms. The van der Waals surface area contributed by atoms with Gasteiger partial charge in [-0.05, 0) is 62.4 Å². The second-order valence-electron chi connectivity index (χ2n) is 8.53. The Kier molecular flexibility index (Phi) is 6.79. The van der Waals surface area contributed by atoms with Crippen molar-refractivity contribution in [1.82, 2.24) is 14.4 Å². The van der Waals surface area contributed by atoms with E-state index in [9.17, 15) is 14.0 Å². The molecule has 0 saturated carbocycles. The van der Waals surface area contributed by atoms with Crippen LogP contribution in [0.25, 0.3) is 10.9 Å². The van der Waals surface area contributed by atoms with Crippen molar-refractivity contribution in [1.29, 1.82) is 0 Å². The van der Waals surface area contributed by atoms with Gasteiger partial charge in [-0.2, -0.15) is 0 Å². The van der Waals surface area contributed by atoms with Crippen LogP contribution in [0.1, 0.15) is 35.0 Å². The van der Waals surface area contributed by atoms with Crippen LogP contribution in [0, 0.1) is 12.7 Å². The molecule has 0 aliphatic carbocycles.